The van der Waals surface area contributed by atoms with Crippen molar-refractivity contribution in [2.75, 3.05) is 0 Å². The van der Waals surface area contributed by atoms with Gasteiger partial charge in [0.25, 0.3) is 0 Å². The molecule has 2 aromatic carbocycles. The van der Waals surface area contributed by atoms with Crippen molar-refractivity contribution >= 4 is 34.0 Å². The third-order valence-corrected chi connectivity index (χ3v) is 5.18. The van der Waals surface area contributed by atoms with Gasteiger partial charge < -0.3 is 9.67 Å². The van der Waals surface area contributed by atoms with Gasteiger partial charge in [-0.25, -0.2) is 4.98 Å². The monoisotopic (exact) mass is 354 g/mol. The molecule has 0 aliphatic heterocycles. The Morgan fingerprint density at radius 1 is 1.08 bits per heavy atom. The van der Waals surface area contributed by atoms with E-state index in [0.29, 0.717) is 5.02 Å². The molecule has 24 heavy (non-hydrogen) atoms. The lowest BCUT2D eigenvalue weighted by molar-refractivity contribution is 0.476. The van der Waals surface area contributed by atoms with Gasteiger partial charge in [0.2, 0.25) is 0 Å². The first-order chi connectivity index (χ1) is 11.7. The van der Waals surface area contributed by atoms with E-state index in [1.807, 2.05) is 30.3 Å². The van der Waals surface area contributed by atoms with Crippen molar-refractivity contribution < 1.29 is 5.11 Å². The van der Waals surface area contributed by atoms with Gasteiger partial charge in [0.1, 0.15) is 11.6 Å². The topological polar surface area (TPSA) is 38.1 Å². The molecule has 2 aromatic heterocycles. The first-order valence-corrected chi connectivity index (χ1v) is 8.94. The molecule has 0 atom stereocenters. The molecule has 4 rings (SSSR count). The zero-order valence-electron chi connectivity index (χ0n) is 12.8. The van der Waals surface area contributed by atoms with Crippen LogP contribution in [0.15, 0.2) is 60.0 Å². The van der Waals surface area contributed by atoms with Crippen LogP contribution in [0.2, 0.25) is 5.02 Å². The van der Waals surface area contributed by atoms with Crippen molar-refractivity contribution in [3.05, 3.63) is 69.9 Å². The number of aromatic hydroxyl groups is 1. The Morgan fingerprint density at radius 3 is 2.67 bits per heavy atom. The van der Waals surface area contributed by atoms with E-state index < -0.39 is 0 Å². The van der Waals surface area contributed by atoms with Gasteiger partial charge in [-0.15, -0.1) is 11.3 Å². The third-order valence-electron chi connectivity index (χ3n) is 4.00. The molecule has 0 radical (unpaired) electrons. The first-order valence-electron chi connectivity index (χ1n) is 7.68. The number of hydrogen-bond donors (Lipinski definition) is 1. The van der Waals surface area contributed by atoms with E-state index in [1.54, 1.807) is 23.5 Å². The highest BCUT2D eigenvalue weighted by Crippen LogP contribution is 2.28. The van der Waals surface area contributed by atoms with E-state index in [9.17, 15) is 5.11 Å². The summed E-state index contributed by atoms with van der Waals surface area (Å²) in [7, 11) is 0. The number of rotatable bonds is 4. The molecule has 120 valence electrons. The minimum atomic E-state index is 0.252. The summed E-state index contributed by atoms with van der Waals surface area (Å²) in [5.74, 6) is 1.14. The Bertz CT molecular complexity index is 975. The average Bonchev–Trinajstić information content (AvgIpc) is 3.21. The summed E-state index contributed by atoms with van der Waals surface area (Å²) < 4.78 is 2.16. The molecule has 0 aliphatic carbocycles. The smallest absolute Gasteiger partial charge is 0.141 e. The fraction of sp³-hybridized carbons (Fsp3) is 0.105. The van der Waals surface area contributed by atoms with Gasteiger partial charge in [0, 0.05) is 28.1 Å². The highest BCUT2D eigenvalue weighted by molar-refractivity contribution is 7.09. The fourth-order valence-electron chi connectivity index (χ4n) is 2.83. The zero-order chi connectivity index (χ0) is 16.5. The fourth-order valence-corrected chi connectivity index (χ4v) is 3.66. The largest absolute Gasteiger partial charge is 0.508 e. The van der Waals surface area contributed by atoms with Crippen molar-refractivity contribution in [2.24, 2.45) is 0 Å². The van der Waals surface area contributed by atoms with Crippen LogP contribution in [0.5, 0.6) is 5.75 Å². The summed E-state index contributed by atoms with van der Waals surface area (Å²) >= 11 is 7.76. The number of phenols is 1. The molecule has 0 saturated heterocycles. The van der Waals surface area contributed by atoms with Crippen molar-refractivity contribution in [1.82, 2.24) is 9.55 Å². The van der Waals surface area contributed by atoms with Crippen LogP contribution in [-0.2, 0) is 13.0 Å². The maximum absolute atomic E-state index is 9.87. The second kappa shape index (κ2) is 6.30. The van der Waals surface area contributed by atoms with E-state index in [-0.39, 0.29) is 5.75 Å². The molecule has 0 amide bonds. The average molecular weight is 355 g/mol. The summed E-state index contributed by atoms with van der Waals surface area (Å²) in [6.07, 6.45) is 0.930. The van der Waals surface area contributed by atoms with Gasteiger partial charge in [0.05, 0.1) is 11.0 Å². The van der Waals surface area contributed by atoms with Crippen molar-refractivity contribution in [2.45, 2.75) is 13.0 Å². The number of fused-ring (bicyclic) bond motifs is 1. The highest BCUT2D eigenvalue weighted by Gasteiger charge is 2.13. The molecule has 0 spiro atoms. The Labute approximate surface area is 148 Å². The zero-order valence-corrected chi connectivity index (χ0v) is 14.4. The standard InChI is InChI=1S/C19H15ClN2OS/c20-14-5-3-13(4-6-14)19-21-17-8-7-15(23)12-18(17)22(19)10-9-16-2-1-11-24-16/h1-8,11-12,23H,9-10H2. The van der Waals surface area contributed by atoms with Gasteiger partial charge in [-0.1, -0.05) is 17.7 Å². The second-order valence-corrected chi connectivity index (χ2v) is 7.07. The van der Waals surface area contributed by atoms with Crippen molar-refractivity contribution in [3.63, 3.8) is 0 Å². The van der Waals surface area contributed by atoms with Crippen LogP contribution in [0.4, 0.5) is 0 Å². The molecular weight excluding hydrogens is 340 g/mol. The van der Waals surface area contributed by atoms with Crippen LogP contribution in [0.25, 0.3) is 22.4 Å². The molecule has 5 heteroatoms. The molecule has 0 aliphatic rings. The maximum atomic E-state index is 9.87. The molecular formula is C19H15ClN2OS. The van der Waals surface area contributed by atoms with E-state index >= 15 is 0 Å². The predicted octanol–water partition coefficient (Wildman–Crippen LogP) is 5.37. The lowest BCUT2D eigenvalue weighted by Gasteiger charge is -2.09. The Kier molecular flexibility index (Phi) is 4.00. The Balaban J connectivity index is 1.81. The van der Waals surface area contributed by atoms with Crippen LogP contribution >= 0.6 is 22.9 Å². The molecule has 2 heterocycles. The predicted molar refractivity (Wildman–Crippen MR) is 99.9 cm³/mol. The summed E-state index contributed by atoms with van der Waals surface area (Å²) in [5, 5.41) is 12.7. The quantitative estimate of drug-likeness (QED) is 0.535. The summed E-state index contributed by atoms with van der Waals surface area (Å²) in [6.45, 7) is 0.804. The van der Waals surface area contributed by atoms with Gasteiger partial charge in [0.15, 0.2) is 0 Å². The maximum Gasteiger partial charge on any atom is 0.141 e. The molecule has 1 N–H and O–H groups in total. The molecule has 0 bridgehead atoms. The van der Waals surface area contributed by atoms with Gasteiger partial charge >= 0.3 is 0 Å². The number of aryl methyl sites for hydroxylation is 2. The molecule has 4 aromatic rings. The van der Waals surface area contributed by atoms with E-state index in [4.69, 9.17) is 16.6 Å². The molecule has 0 fully saturated rings. The van der Waals surface area contributed by atoms with Crippen LogP contribution < -0.4 is 0 Å². The number of halogens is 1. The Morgan fingerprint density at radius 2 is 1.92 bits per heavy atom. The minimum absolute atomic E-state index is 0.252. The van der Waals surface area contributed by atoms with Crippen LogP contribution in [0, 0.1) is 0 Å². The van der Waals surface area contributed by atoms with Crippen LogP contribution in [0.3, 0.4) is 0 Å². The molecule has 0 unspecified atom stereocenters. The van der Waals surface area contributed by atoms with Crippen LogP contribution in [0.1, 0.15) is 4.88 Å². The van der Waals surface area contributed by atoms with Crippen molar-refractivity contribution in [1.29, 1.82) is 0 Å². The van der Waals surface area contributed by atoms with E-state index in [0.717, 1.165) is 35.4 Å². The number of hydrogen-bond acceptors (Lipinski definition) is 3. The summed E-state index contributed by atoms with van der Waals surface area (Å²) in [6, 6.07) is 17.2. The van der Waals surface area contributed by atoms with Crippen molar-refractivity contribution in [3.8, 4) is 17.1 Å². The lowest BCUT2D eigenvalue weighted by Crippen LogP contribution is -2.03. The SMILES string of the molecule is Oc1ccc2nc(-c3ccc(Cl)cc3)n(CCc3cccs3)c2c1. The number of nitrogens with zero attached hydrogens (tertiary/aromatic N) is 2. The number of phenolic OH excluding ortho intramolecular Hbond substituents is 1. The van der Waals surface area contributed by atoms with Gasteiger partial charge in [-0.3, -0.25) is 0 Å². The lowest BCUT2D eigenvalue weighted by atomic mass is 10.2. The Hall–Kier alpha value is -2.30. The van der Waals surface area contributed by atoms with Crippen LogP contribution in [-0.4, -0.2) is 14.7 Å². The number of benzene rings is 2. The first kappa shape index (κ1) is 15.2. The normalized spacial score (nSPS) is 11.2. The highest BCUT2D eigenvalue weighted by atomic mass is 35.5. The third kappa shape index (κ3) is 2.90. The van der Waals surface area contributed by atoms with E-state index in [2.05, 4.69) is 22.1 Å². The van der Waals surface area contributed by atoms with E-state index in [1.165, 1.54) is 4.88 Å². The number of aromatic nitrogens is 2. The minimum Gasteiger partial charge on any atom is -0.508 e. The van der Waals surface area contributed by atoms with Gasteiger partial charge in [-0.2, -0.15) is 0 Å². The molecule has 0 saturated carbocycles. The second-order valence-electron chi connectivity index (χ2n) is 5.60. The number of imidazole rings is 1. The summed E-state index contributed by atoms with van der Waals surface area (Å²) in [4.78, 5) is 6.10. The molecule has 3 nitrogen and oxygen atoms in total. The van der Waals surface area contributed by atoms with Gasteiger partial charge in [-0.05, 0) is 54.3 Å². The summed E-state index contributed by atoms with van der Waals surface area (Å²) in [5.41, 5.74) is 2.83. The number of thiophene rings is 1.